The van der Waals surface area contributed by atoms with Crippen LogP contribution in [-0.4, -0.2) is 22.4 Å². The number of anilines is 1. The van der Waals surface area contributed by atoms with Gasteiger partial charge in [0.05, 0.1) is 17.0 Å². The Hall–Kier alpha value is -2.68. The monoisotopic (exact) mass is 483 g/mol. The number of benzene rings is 2. The third-order valence-electron chi connectivity index (χ3n) is 5.39. The molecule has 2 aromatic carbocycles. The Morgan fingerprint density at radius 1 is 1.16 bits per heavy atom. The number of hydrogen-bond acceptors (Lipinski definition) is 7. The van der Waals surface area contributed by atoms with Crippen LogP contribution in [0.4, 0.5) is 5.13 Å². The van der Waals surface area contributed by atoms with Crippen molar-refractivity contribution in [2.24, 2.45) is 0 Å². The van der Waals surface area contributed by atoms with Crippen molar-refractivity contribution >= 4 is 56.7 Å². The summed E-state index contributed by atoms with van der Waals surface area (Å²) < 4.78 is 5.96. The average Bonchev–Trinajstić information content (AvgIpc) is 3.37. The molecule has 0 aliphatic carbocycles. The predicted octanol–water partition coefficient (Wildman–Crippen LogP) is 5.72. The summed E-state index contributed by atoms with van der Waals surface area (Å²) in [5.41, 5.74) is 1.16. The van der Waals surface area contributed by atoms with Gasteiger partial charge in [-0.1, -0.05) is 42.0 Å². The molecule has 0 bridgehead atoms. The van der Waals surface area contributed by atoms with E-state index in [4.69, 9.17) is 16.0 Å². The number of aromatic nitrogens is 2. The molecule has 2 aromatic heterocycles. The first-order valence-electron chi connectivity index (χ1n) is 10.1. The van der Waals surface area contributed by atoms with Crippen molar-refractivity contribution in [2.45, 2.75) is 30.7 Å². The van der Waals surface area contributed by atoms with Gasteiger partial charge in [-0.15, -0.1) is 22.0 Å². The molecule has 1 atom stereocenters. The van der Waals surface area contributed by atoms with Gasteiger partial charge >= 0.3 is 0 Å². The standard InChI is InChI=1S/C23H18ClN3O3S2/c1-3-4-17-25-26-23(32-17)27-19(12-5-8-14(31-2)9-6-12)18-20(28)15-11-13(24)7-10-16(15)30-21(18)22(27)29/h5-11,19H,3-4H2,1-2H3. The summed E-state index contributed by atoms with van der Waals surface area (Å²) in [7, 11) is 0. The second kappa shape index (κ2) is 8.35. The lowest BCUT2D eigenvalue weighted by atomic mass is 9.99. The van der Waals surface area contributed by atoms with E-state index in [1.807, 2.05) is 30.5 Å². The van der Waals surface area contributed by atoms with E-state index in [-0.39, 0.29) is 11.2 Å². The van der Waals surface area contributed by atoms with Crippen molar-refractivity contribution in [3.05, 3.63) is 79.6 Å². The molecule has 1 aliphatic rings. The minimum Gasteiger partial charge on any atom is -0.450 e. The Kier molecular flexibility index (Phi) is 5.53. The van der Waals surface area contributed by atoms with Gasteiger partial charge in [0.1, 0.15) is 10.6 Å². The summed E-state index contributed by atoms with van der Waals surface area (Å²) in [5.74, 6) is -0.358. The van der Waals surface area contributed by atoms with Gasteiger partial charge in [-0.05, 0) is 48.6 Å². The van der Waals surface area contributed by atoms with Gasteiger partial charge in [-0.2, -0.15) is 0 Å². The maximum Gasteiger partial charge on any atom is 0.297 e. The van der Waals surface area contributed by atoms with E-state index in [1.54, 1.807) is 30.0 Å². The molecule has 0 saturated heterocycles. The maximum atomic E-state index is 13.6. The quantitative estimate of drug-likeness (QED) is 0.338. The van der Waals surface area contributed by atoms with E-state index in [0.717, 1.165) is 28.3 Å². The first kappa shape index (κ1) is 21.2. The molecule has 1 unspecified atom stereocenters. The minimum atomic E-state index is -0.657. The smallest absolute Gasteiger partial charge is 0.297 e. The van der Waals surface area contributed by atoms with Crippen molar-refractivity contribution in [1.29, 1.82) is 0 Å². The van der Waals surface area contributed by atoms with Crippen molar-refractivity contribution in [3.63, 3.8) is 0 Å². The number of carbonyl (C=O) groups excluding carboxylic acids is 1. The van der Waals surface area contributed by atoms with Crippen LogP contribution in [0.3, 0.4) is 0 Å². The fourth-order valence-corrected chi connectivity index (χ4v) is 5.45. The van der Waals surface area contributed by atoms with E-state index in [1.165, 1.54) is 16.2 Å². The number of thioether (sulfide) groups is 1. The fourth-order valence-electron chi connectivity index (χ4n) is 3.90. The van der Waals surface area contributed by atoms with Crippen molar-refractivity contribution < 1.29 is 9.21 Å². The largest absolute Gasteiger partial charge is 0.450 e. The van der Waals surface area contributed by atoms with Crippen LogP contribution in [0.2, 0.25) is 5.02 Å². The van der Waals surface area contributed by atoms with Crippen LogP contribution in [0.5, 0.6) is 0 Å². The normalized spacial score (nSPS) is 15.5. The van der Waals surface area contributed by atoms with Crippen LogP contribution in [0, 0.1) is 0 Å². The highest BCUT2D eigenvalue weighted by molar-refractivity contribution is 7.98. The van der Waals surface area contributed by atoms with E-state index < -0.39 is 11.9 Å². The number of rotatable bonds is 5. The summed E-state index contributed by atoms with van der Waals surface area (Å²) in [6.45, 7) is 2.06. The zero-order valence-electron chi connectivity index (χ0n) is 17.3. The molecule has 0 radical (unpaired) electrons. The molecule has 6 nitrogen and oxygen atoms in total. The van der Waals surface area contributed by atoms with E-state index in [9.17, 15) is 9.59 Å². The van der Waals surface area contributed by atoms with Gasteiger partial charge in [0.15, 0.2) is 5.43 Å². The Balaban J connectivity index is 1.75. The molecular weight excluding hydrogens is 466 g/mol. The zero-order chi connectivity index (χ0) is 22.4. The molecule has 1 amide bonds. The highest BCUT2D eigenvalue weighted by Gasteiger charge is 2.45. The van der Waals surface area contributed by atoms with Crippen LogP contribution in [0.25, 0.3) is 11.0 Å². The summed E-state index contributed by atoms with van der Waals surface area (Å²) in [6, 6.07) is 12.0. The van der Waals surface area contributed by atoms with Crippen LogP contribution < -0.4 is 10.3 Å². The highest BCUT2D eigenvalue weighted by Crippen LogP contribution is 2.42. The molecule has 0 saturated carbocycles. The lowest BCUT2D eigenvalue weighted by Crippen LogP contribution is -2.29. The maximum absolute atomic E-state index is 13.6. The second-order valence-electron chi connectivity index (χ2n) is 7.39. The molecule has 0 N–H and O–H groups in total. The highest BCUT2D eigenvalue weighted by atomic mass is 35.5. The number of fused-ring (bicyclic) bond motifs is 2. The van der Waals surface area contributed by atoms with Gasteiger partial charge in [0, 0.05) is 16.3 Å². The van der Waals surface area contributed by atoms with E-state index in [2.05, 4.69) is 17.1 Å². The SMILES string of the molecule is CCCc1nnc(N2C(=O)c3oc4ccc(Cl)cc4c(=O)c3C2c2ccc(SC)cc2)s1. The molecule has 9 heteroatoms. The van der Waals surface area contributed by atoms with Gasteiger partial charge in [0.25, 0.3) is 5.91 Å². The van der Waals surface area contributed by atoms with Crippen LogP contribution >= 0.6 is 34.7 Å². The van der Waals surface area contributed by atoms with Gasteiger partial charge < -0.3 is 4.42 Å². The summed E-state index contributed by atoms with van der Waals surface area (Å²) in [4.78, 5) is 29.7. The number of nitrogens with zero attached hydrogens (tertiary/aromatic N) is 3. The number of aryl methyl sites for hydroxylation is 1. The molecule has 162 valence electrons. The van der Waals surface area contributed by atoms with E-state index >= 15 is 0 Å². The Bertz CT molecular complexity index is 1400. The second-order valence-corrected chi connectivity index (χ2v) is 9.75. The summed E-state index contributed by atoms with van der Waals surface area (Å²) in [5, 5.41) is 10.6. The first-order valence-corrected chi connectivity index (χ1v) is 12.5. The topological polar surface area (TPSA) is 76.3 Å². The number of halogens is 1. The summed E-state index contributed by atoms with van der Waals surface area (Å²) in [6.07, 6.45) is 3.70. The molecule has 4 aromatic rings. The number of carbonyl (C=O) groups is 1. The zero-order valence-corrected chi connectivity index (χ0v) is 19.7. The molecule has 0 spiro atoms. The number of amides is 1. The van der Waals surface area contributed by atoms with Gasteiger partial charge in [0.2, 0.25) is 10.9 Å². The van der Waals surface area contributed by atoms with Crippen LogP contribution in [0.1, 0.15) is 46.1 Å². The van der Waals surface area contributed by atoms with Crippen LogP contribution in [0.15, 0.2) is 56.6 Å². The average molecular weight is 484 g/mol. The molecule has 5 rings (SSSR count). The van der Waals surface area contributed by atoms with Gasteiger partial charge in [-0.3, -0.25) is 14.5 Å². The predicted molar refractivity (Wildman–Crippen MR) is 128 cm³/mol. The Morgan fingerprint density at radius 2 is 1.94 bits per heavy atom. The lowest BCUT2D eigenvalue weighted by Gasteiger charge is -2.22. The minimum absolute atomic E-state index is 0.0380. The lowest BCUT2D eigenvalue weighted by molar-refractivity contribution is 0.0970. The van der Waals surface area contributed by atoms with Crippen molar-refractivity contribution in [1.82, 2.24) is 10.2 Å². The molecule has 0 fully saturated rings. The number of hydrogen-bond donors (Lipinski definition) is 0. The van der Waals surface area contributed by atoms with Crippen molar-refractivity contribution in [3.8, 4) is 0 Å². The van der Waals surface area contributed by atoms with Gasteiger partial charge in [-0.25, -0.2) is 0 Å². The molecule has 3 heterocycles. The van der Waals surface area contributed by atoms with Crippen molar-refractivity contribution in [2.75, 3.05) is 11.2 Å². The Morgan fingerprint density at radius 3 is 2.66 bits per heavy atom. The molecule has 1 aliphatic heterocycles. The van der Waals surface area contributed by atoms with Crippen LogP contribution in [-0.2, 0) is 6.42 Å². The third-order valence-corrected chi connectivity index (χ3v) is 7.35. The molecule has 32 heavy (non-hydrogen) atoms. The third kappa shape index (κ3) is 3.43. The summed E-state index contributed by atoms with van der Waals surface area (Å²) >= 11 is 9.12. The van der Waals surface area contributed by atoms with E-state index in [0.29, 0.717) is 26.7 Å². The Labute approximate surface area is 197 Å². The first-order chi connectivity index (χ1) is 15.5. The molecular formula is C23H18ClN3O3S2. The fraction of sp³-hybridized carbons (Fsp3) is 0.217.